The summed E-state index contributed by atoms with van der Waals surface area (Å²) in [6, 6.07) is 0. The van der Waals surface area contributed by atoms with Crippen molar-refractivity contribution in [3.8, 4) is 0 Å². The second kappa shape index (κ2) is 14.0. The molecule has 0 rings (SSSR count). The van der Waals surface area contributed by atoms with E-state index >= 15 is 0 Å². The maximum Gasteiger partial charge on any atom is 0.417 e. The summed E-state index contributed by atoms with van der Waals surface area (Å²) in [4.78, 5) is 33.4. The number of rotatable bonds is 12. The van der Waals surface area contributed by atoms with Crippen molar-refractivity contribution in [2.24, 2.45) is 0 Å². The Morgan fingerprint density at radius 3 is 1.54 bits per heavy atom. The van der Waals surface area contributed by atoms with Crippen LogP contribution in [0.15, 0.2) is 25.3 Å². The third-order valence-corrected chi connectivity index (χ3v) is 2.56. The van der Waals surface area contributed by atoms with Crippen molar-refractivity contribution in [1.82, 2.24) is 0 Å². The van der Waals surface area contributed by atoms with E-state index in [2.05, 4.69) is 13.2 Å². The normalized spacial score (nSPS) is 9.50. The minimum Gasteiger partial charge on any atom is -0.478 e. The van der Waals surface area contributed by atoms with Crippen LogP contribution >= 0.6 is 0 Å². The van der Waals surface area contributed by atoms with Crippen LogP contribution in [0.4, 0.5) is 0 Å². The van der Waals surface area contributed by atoms with Gasteiger partial charge in [-0.15, -0.1) is 0 Å². The van der Waals surface area contributed by atoms with Gasteiger partial charge in [-0.2, -0.15) is 0 Å². The Balaban J connectivity index is 3.54. The van der Waals surface area contributed by atoms with E-state index in [9.17, 15) is 14.4 Å². The monoisotopic (exact) mass is 341 g/mol. The molecule has 0 radical (unpaired) electrons. The third-order valence-electron chi connectivity index (χ3n) is 2.56. The van der Waals surface area contributed by atoms with Gasteiger partial charge in [0, 0.05) is 6.08 Å². The van der Waals surface area contributed by atoms with E-state index in [4.69, 9.17) is 24.4 Å². The molecular weight excluding hydrogens is 318 g/mol. The molecule has 0 aliphatic carbocycles. The molecule has 24 heavy (non-hydrogen) atoms. The van der Waals surface area contributed by atoms with Gasteiger partial charge in [-0.25, -0.2) is 14.4 Å². The van der Waals surface area contributed by atoms with Crippen LogP contribution in [0.2, 0.25) is 0 Å². The third kappa shape index (κ3) is 12.0. The Morgan fingerprint density at radius 2 is 1.12 bits per heavy atom. The molecule has 0 aliphatic rings. The van der Waals surface area contributed by atoms with Gasteiger partial charge >= 0.3 is 17.9 Å². The first-order valence-corrected chi connectivity index (χ1v) is 7.48. The van der Waals surface area contributed by atoms with Gasteiger partial charge in [0.25, 0.3) is 0 Å². The van der Waals surface area contributed by atoms with Crippen LogP contribution in [0.25, 0.3) is 0 Å². The van der Waals surface area contributed by atoms with Crippen molar-refractivity contribution in [2.75, 3.05) is 26.4 Å². The molecule has 134 valence electrons. The average Bonchev–Trinajstić information content (AvgIpc) is 2.59. The number of ether oxygens (including phenoxy) is 4. The van der Waals surface area contributed by atoms with E-state index in [0.29, 0.717) is 32.3 Å². The molecule has 0 aromatic heterocycles. The Kier molecular flexibility index (Phi) is 12.4. The standard InChI is InChI=1S/C16H23NO7/c1-3-13(17)21-9-5-7-11-23-15(19)16(20)24-12-8-6-10-22-14(18)4-2/h3-4,17H,1-2,5-12H2. The smallest absolute Gasteiger partial charge is 0.417 e. The van der Waals surface area contributed by atoms with E-state index in [1.165, 1.54) is 6.08 Å². The number of carbonyl (C=O) groups is 3. The summed E-state index contributed by atoms with van der Waals surface area (Å²) in [5, 5.41) is 7.16. The molecule has 8 heteroatoms. The number of esters is 3. The maximum absolute atomic E-state index is 11.3. The topological polar surface area (TPSA) is 112 Å². The van der Waals surface area contributed by atoms with Gasteiger partial charge < -0.3 is 18.9 Å². The highest BCUT2D eigenvalue weighted by atomic mass is 16.6. The van der Waals surface area contributed by atoms with Crippen LogP contribution in [-0.4, -0.2) is 50.2 Å². The number of hydrogen-bond donors (Lipinski definition) is 1. The van der Waals surface area contributed by atoms with Crippen LogP contribution in [0.1, 0.15) is 25.7 Å². The molecule has 0 aromatic carbocycles. The summed E-state index contributed by atoms with van der Waals surface area (Å²) in [5.74, 6) is -2.63. The lowest BCUT2D eigenvalue weighted by molar-refractivity contribution is -0.167. The van der Waals surface area contributed by atoms with Crippen molar-refractivity contribution in [3.63, 3.8) is 0 Å². The average molecular weight is 341 g/mol. The highest BCUT2D eigenvalue weighted by Gasteiger charge is 2.16. The zero-order valence-electron chi connectivity index (χ0n) is 13.6. The Hall–Kier alpha value is -2.64. The molecule has 0 atom stereocenters. The van der Waals surface area contributed by atoms with Crippen molar-refractivity contribution >= 4 is 23.8 Å². The van der Waals surface area contributed by atoms with Gasteiger partial charge in [0.2, 0.25) is 5.90 Å². The van der Waals surface area contributed by atoms with Crippen LogP contribution in [0, 0.1) is 5.41 Å². The number of nitrogens with one attached hydrogen (secondary N) is 1. The van der Waals surface area contributed by atoms with Crippen molar-refractivity contribution < 1.29 is 33.3 Å². The van der Waals surface area contributed by atoms with Crippen LogP contribution < -0.4 is 0 Å². The second-order valence-electron chi connectivity index (χ2n) is 4.47. The summed E-state index contributed by atoms with van der Waals surface area (Å²) in [5.41, 5.74) is 0. The number of carbonyl (C=O) groups excluding carboxylic acids is 3. The van der Waals surface area contributed by atoms with E-state index in [1.807, 2.05) is 0 Å². The van der Waals surface area contributed by atoms with Gasteiger partial charge in [-0.3, -0.25) is 5.41 Å². The first-order valence-electron chi connectivity index (χ1n) is 7.48. The molecule has 0 heterocycles. The van der Waals surface area contributed by atoms with Crippen LogP contribution in [0.3, 0.4) is 0 Å². The highest BCUT2D eigenvalue weighted by molar-refractivity contribution is 6.29. The quantitative estimate of drug-likeness (QED) is 0.109. The molecule has 8 nitrogen and oxygen atoms in total. The van der Waals surface area contributed by atoms with Crippen LogP contribution in [0.5, 0.6) is 0 Å². The number of hydrogen-bond acceptors (Lipinski definition) is 8. The van der Waals surface area contributed by atoms with Crippen molar-refractivity contribution in [1.29, 1.82) is 5.41 Å². The Labute approximate surface area is 140 Å². The lowest BCUT2D eigenvalue weighted by atomic mass is 10.3. The number of unbranched alkanes of at least 4 members (excludes halogenated alkanes) is 2. The fourth-order valence-corrected chi connectivity index (χ4v) is 1.33. The Bertz CT molecular complexity index is 417. The molecule has 0 amide bonds. The summed E-state index contributed by atoms with van der Waals surface area (Å²) >= 11 is 0. The first-order chi connectivity index (χ1) is 11.5. The summed E-state index contributed by atoms with van der Waals surface area (Å²) in [6.45, 7) is 7.24. The molecule has 0 aromatic rings. The highest BCUT2D eigenvalue weighted by Crippen LogP contribution is 1.96. The zero-order chi connectivity index (χ0) is 18.2. The SMILES string of the molecule is C=CC(=N)OCCCCOC(=O)C(=O)OCCCCOC(=O)C=C. The lowest BCUT2D eigenvalue weighted by Gasteiger charge is -2.06. The van der Waals surface area contributed by atoms with Gasteiger partial charge in [-0.1, -0.05) is 13.2 Å². The van der Waals surface area contributed by atoms with Crippen molar-refractivity contribution in [3.05, 3.63) is 25.3 Å². The van der Waals surface area contributed by atoms with E-state index < -0.39 is 17.9 Å². The van der Waals surface area contributed by atoms with Crippen molar-refractivity contribution in [2.45, 2.75) is 25.7 Å². The maximum atomic E-state index is 11.3. The molecule has 0 saturated heterocycles. The molecule has 0 aliphatic heterocycles. The predicted molar refractivity (Wildman–Crippen MR) is 85.4 cm³/mol. The molecular formula is C16H23NO7. The molecule has 0 bridgehead atoms. The predicted octanol–water partition coefficient (Wildman–Crippen LogP) is 1.54. The second-order valence-corrected chi connectivity index (χ2v) is 4.47. The minimum atomic E-state index is -1.05. The zero-order valence-corrected chi connectivity index (χ0v) is 13.6. The Morgan fingerprint density at radius 1 is 0.708 bits per heavy atom. The fourth-order valence-electron chi connectivity index (χ4n) is 1.33. The molecule has 0 fully saturated rings. The molecule has 0 spiro atoms. The molecule has 0 unspecified atom stereocenters. The van der Waals surface area contributed by atoms with Gasteiger partial charge in [0.05, 0.1) is 26.4 Å². The van der Waals surface area contributed by atoms with E-state index in [-0.39, 0.29) is 25.7 Å². The van der Waals surface area contributed by atoms with E-state index in [1.54, 1.807) is 0 Å². The first kappa shape index (κ1) is 21.4. The molecule has 0 saturated carbocycles. The minimum absolute atomic E-state index is 0.0187. The van der Waals surface area contributed by atoms with Gasteiger partial charge in [0.1, 0.15) is 0 Å². The molecule has 1 N–H and O–H groups in total. The van der Waals surface area contributed by atoms with Gasteiger partial charge in [0.15, 0.2) is 0 Å². The summed E-state index contributed by atoms with van der Waals surface area (Å²) in [6.07, 6.45) is 4.36. The fraction of sp³-hybridized carbons (Fsp3) is 0.500. The summed E-state index contributed by atoms with van der Waals surface area (Å²) < 4.78 is 19.1. The van der Waals surface area contributed by atoms with E-state index in [0.717, 1.165) is 6.08 Å². The largest absolute Gasteiger partial charge is 0.478 e. The van der Waals surface area contributed by atoms with Crippen LogP contribution in [-0.2, 0) is 33.3 Å². The lowest BCUT2D eigenvalue weighted by Crippen LogP contribution is -2.21. The summed E-state index contributed by atoms with van der Waals surface area (Å²) in [7, 11) is 0. The van der Waals surface area contributed by atoms with Gasteiger partial charge in [-0.05, 0) is 31.8 Å².